The number of nitrogens with one attached hydrogen (secondary N) is 5. The number of aryl methyl sites for hydroxylation is 2. The van der Waals surface area contributed by atoms with E-state index in [9.17, 15) is 72.5 Å². The molecule has 14 rings (SSSR count). The summed E-state index contributed by atoms with van der Waals surface area (Å²) in [4.78, 5) is 158. The standard InChI is InChI=1S/C13H14BrNO4S.C13H15NO4S.2C13H13NO4S.C13H17NO3S.C11H15NO2S.C10H17NO.4CH4/c1-3-19-13(18)9-7-4-5-8(14)10(17)11(7)20-12(9)15-6(2)16;3*1-3-18-13(17)10-8-5-4-6-9(16)11(8)19-12(10)14-7(2)15;1-3-17-13(16)11-9-6-4-5-7-10(9)18-12(11)14-8(2)15;1-2-14-11(13)9-7-5-3-4-6-8(7)15-10(9)12;1-2-4-10(5-3-1)11-6-8-12-9-7-11;;;;/h8H,3-5H2,1-2H3,(H,15,16);3-6H2,1-2H3,(H,14,15);2*4-6,16H,3H2,1-2H3,(H,14,15);3-7H2,1-2H3,(H,14,15);2-6,12H2,1H3;4H,1-3,5-9H2;4*1H4. The predicted molar refractivity (Wildman–Crippen MR) is 508 cm³/mol. The second-order valence-electron chi connectivity index (χ2n) is 27.9. The first kappa shape index (κ1) is 108. The molecular formula is C90H120BrN7O22S6. The lowest BCUT2D eigenvalue weighted by Crippen LogP contribution is -2.35. The smallest absolute Gasteiger partial charge is 0.341 e. The van der Waals surface area contributed by atoms with Crippen molar-refractivity contribution in [2.24, 2.45) is 0 Å². The molecule has 5 amide bonds. The Morgan fingerprint density at radius 2 is 0.778 bits per heavy atom. The van der Waals surface area contributed by atoms with Gasteiger partial charge in [-0.25, -0.2) is 28.8 Å². The third-order valence-corrected chi connectivity index (χ3v) is 26.9. The second kappa shape index (κ2) is 53.0. The van der Waals surface area contributed by atoms with E-state index in [0.717, 1.165) is 128 Å². The molecule has 690 valence electrons. The molecule has 5 aliphatic carbocycles. The number of nitrogens with zero attached hydrogens (tertiary/aromatic N) is 1. The Labute approximate surface area is 769 Å². The lowest BCUT2D eigenvalue weighted by atomic mass is 9.94. The number of allylic oxidation sites excluding steroid dienone is 2. The van der Waals surface area contributed by atoms with E-state index < -0.39 is 23.9 Å². The van der Waals surface area contributed by atoms with Gasteiger partial charge >= 0.3 is 35.8 Å². The van der Waals surface area contributed by atoms with Crippen LogP contribution in [-0.2, 0) is 95.7 Å². The van der Waals surface area contributed by atoms with Gasteiger partial charge < -0.3 is 80.6 Å². The summed E-state index contributed by atoms with van der Waals surface area (Å²) in [5.41, 5.74) is 13.5. The molecule has 0 spiro atoms. The predicted octanol–water partition coefficient (Wildman–Crippen LogP) is 20.1. The number of hydrogen-bond acceptors (Lipinski definition) is 30. The number of fused-ring (bicyclic) bond motifs is 6. The maximum Gasteiger partial charge on any atom is 0.341 e. The molecule has 1 aliphatic heterocycles. The zero-order chi connectivity index (χ0) is 89.0. The van der Waals surface area contributed by atoms with Crippen molar-refractivity contribution >= 4 is 211 Å². The molecule has 29 nitrogen and oxygen atoms in total. The average molecular weight is 1920 g/mol. The average Bonchev–Trinajstić information content (AvgIpc) is 1.89. The summed E-state index contributed by atoms with van der Waals surface area (Å²) in [7, 11) is 0. The van der Waals surface area contributed by atoms with Crippen LogP contribution in [0.25, 0.3) is 20.2 Å². The van der Waals surface area contributed by atoms with Crippen molar-refractivity contribution in [3.8, 4) is 11.5 Å². The van der Waals surface area contributed by atoms with Crippen molar-refractivity contribution in [2.45, 2.75) is 220 Å². The third kappa shape index (κ3) is 28.8. The van der Waals surface area contributed by atoms with Crippen LogP contribution in [-0.4, -0.2) is 163 Å². The number of benzene rings is 2. The fourth-order valence-corrected chi connectivity index (χ4v) is 21.9. The number of esters is 6. The van der Waals surface area contributed by atoms with E-state index in [1.165, 1.54) is 111 Å². The van der Waals surface area contributed by atoms with Gasteiger partial charge in [-0.15, -0.1) is 68.0 Å². The Balaban J connectivity index is 0.000000308. The number of phenolic OH excluding ortho intramolecular Hbond substituents is 2. The summed E-state index contributed by atoms with van der Waals surface area (Å²) < 4.78 is 36.6. The van der Waals surface area contributed by atoms with E-state index >= 15 is 0 Å². The Bertz CT molecular complexity index is 5080. The molecule has 1 atom stereocenters. The zero-order valence-electron chi connectivity index (χ0n) is 70.1. The highest BCUT2D eigenvalue weighted by atomic mass is 79.9. The fourth-order valence-electron chi connectivity index (χ4n) is 14.0. The number of carbonyl (C=O) groups is 13. The molecule has 2 aromatic carbocycles. The summed E-state index contributed by atoms with van der Waals surface area (Å²) in [6, 6.07) is 9.78. The number of ether oxygens (including phenoxy) is 7. The van der Waals surface area contributed by atoms with Crippen LogP contribution in [0.1, 0.15) is 290 Å². The van der Waals surface area contributed by atoms with Crippen LogP contribution in [0, 0.1) is 0 Å². The molecule has 1 saturated heterocycles. The van der Waals surface area contributed by atoms with Crippen LogP contribution >= 0.6 is 84.0 Å². The number of halogens is 1. The van der Waals surface area contributed by atoms with Gasteiger partial charge in [0.1, 0.15) is 52.6 Å². The maximum absolute atomic E-state index is 12.1. The number of morpholine rings is 1. The fraction of sp³-hybridized carbons (Fsp3) is 0.478. The van der Waals surface area contributed by atoms with Gasteiger partial charge in [-0.05, 0) is 179 Å². The topological polar surface area (TPSA) is 416 Å². The normalized spacial score (nSPS) is 14.2. The quantitative estimate of drug-likeness (QED) is 0.0225. The summed E-state index contributed by atoms with van der Waals surface area (Å²) in [6.07, 6.45) is 19.4. The molecule has 1 fully saturated rings. The highest BCUT2D eigenvalue weighted by Gasteiger charge is 2.36. The first-order valence-corrected chi connectivity index (χ1v) is 46.2. The van der Waals surface area contributed by atoms with Crippen LogP contribution in [0.15, 0.2) is 48.2 Å². The molecule has 9 N–H and O–H groups in total. The number of nitrogen functional groups attached to an aromatic ring is 1. The number of nitrogens with two attached hydrogens (primary N) is 1. The summed E-state index contributed by atoms with van der Waals surface area (Å²) in [6.45, 7) is 23.2. The van der Waals surface area contributed by atoms with Crippen molar-refractivity contribution in [1.82, 2.24) is 4.90 Å². The molecule has 0 bridgehead atoms. The van der Waals surface area contributed by atoms with Crippen LogP contribution in [0.3, 0.4) is 0 Å². The Hall–Kier alpha value is -9.95. The number of carbonyl (C=O) groups excluding carboxylic acids is 13. The molecule has 0 radical (unpaired) electrons. The first-order valence-electron chi connectivity index (χ1n) is 40.4. The number of rotatable bonds is 18. The molecule has 36 heteroatoms. The van der Waals surface area contributed by atoms with Gasteiger partial charge in [0.15, 0.2) is 11.6 Å². The van der Waals surface area contributed by atoms with Gasteiger partial charge in [-0.2, -0.15) is 0 Å². The van der Waals surface area contributed by atoms with Crippen molar-refractivity contribution in [2.75, 3.05) is 98.3 Å². The van der Waals surface area contributed by atoms with E-state index in [0.29, 0.717) is 127 Å². The van der Waals surface area contributed by atoms with Gasteiger partial charge in [-0.3, -0.25) is 33.6 Å². The van der Waals surface area contributed by atoms with Gasteiger partial charge in [-0.1, -0.05) is 76.0 Å². The Kier molecular flexibility index (Phi) is 45.6. The van der Waals surface area contributed by atoms with Gasteiger partial charge in [0, 0.05) is 80.4 Å². The molecule has 6 aliphatic rings. The lowest BCUT2D eigenvalue weighted by Gasteiger charge is -2.32. The van der Waals surface area contributed by atoms with Crippen LogP contribution in [0.4, 0.5) is 30.0 Å². The van der Waals surface area contributed by atoms with E-state index in [1.807, 2.05) is 6.92 Å². The third-order valence-electron chi connectivity index (χ3n) is 19.0. The highest BCUT2D eigenvalue weighted by Crippen LogP contribution is 2.46. The number of anilines is 6. The van der Waals surface area contributed by atoms with Crippen LogP contribution < -0.4 is 32.3 Å². The minimum absolute atomic E-state index is 0. The number of hydrogen-bond donors (Lipinski definition) is 8. The minimum Gasteiger partial charge on any atom is -0.506 e. The molecule has 126 heavy (non-hydrogen) atoms. The van der Waals surface area contributed by atoms with E-state index in [1.54, 1.807) is 75.9 Å². The largest absolute Gasteiger partial charge is 0.506 e. The Morgan fingerprint density at radius 1 is 0.429 bits per heavy atom. The maximum atomic E-state index is 12.1. The van der Waals surface area contributed by atoms with Crippen LogP contribution in [0.2, 0.25) is 0 Å². The molecule has 6 aromatic heterocycles. The van der Waals surface area contributed by atoms with Crippen LogP contribution in [0.5, 0.6) is 11.5 Å². The number of thiophene rings is 6. The molecule has 8 aromatic rings. The number of alkyl halides is 1. The van der Waals surface area contributed by atoms with E-state index in [4.69, 9.17) is 38.9 Å². The zero-order valence-corrected chi connectivity index (χ0v) is 76.6. The van der Waals surface area contributed by atoms with E-state index in [2.05, 4.69) is 53.5 Å². The molecule has 0 saturated carbocycles. The second-order valence-corrected chi connectivity index (χ2v) is 35.4. The van der Waals surface area contributed by atoms with Crippen molar-refractivity contribution in [3.63, 3.8) is 0 Å². The minimum atomic E-state index is -0.511. The summed E-state index contributed by atoms with van der Waals surface area (Å²) in [5, 5.41) is 36.8. The summed E-state index contributed by atoms with van der Waals surface area (Å²) >= 11 is 11.0. The number of amides is 5. The monoisotopic (exact) mass is 1920 g/mol. The van der Waals surface area contributed by atoms with Crippen molar-refractivity contribution in [3.05, 3.63) is 123 Å². The van der Waals surface area contributed by atoms with Crippen molar-refractivity contribution in [1.29, 1.82) is 0 Å². The molecule has 1 unspecified atom stereocenters. The summed E-state index contributed by atoms with van der Waals surface area (Å²) in [5.74, 6) is -3.68. The van der Waals surface area contributed by atoms with Gasteiger partial charge in [0.05, 0.1) is 99.1 Å². The van der Waals surface area contributed by atoms with Gasteiger partial charge in [0.25, 0.3) is 0 Å². The SMILES string of the molecule is C.C.C.C.C1=C(N2CCOCC2)CCCC1.CCOC(=O)c1c(N)sc2c1CCCC2.CCOC(=O)c1c(NC(C)=O)sc2c(O)cccc12.CCOC(=O)c1c(NC(C)=O)sc2c(O)cccc12.CCOC(=O)c1c(NC(C)=O)sc2c1CCC(Br)C2=O.CCOC(=O)c1c(NC(C)=O)sc2c1CCCC2.CCOC(=O)c1c(NC(C)=O)sc2c1CCCC2=O. The number of Topliss-reactive ketones (excluding diaryl/α,β-unsaturated/α-hetero) is 2. The number of ketones is 2. The number of aromatic hydroxyl groups is 2. The number of phenols is 2. The van der Waals surface area contributed by atoms with E-state index in [-0.39, 0.29) is 137 Å². The Morgan fingerprint density at radius 3 is 1.19 bits per heavy atom. The molecular weight excluding hydrogens is 1800 g/mol. The highest BCUT2D eigenvalue weighted by molar-refractivity contribution is 9.10. The molecule has 7 heterocycles. The van der Waals surface area contributed by atoms with Crippen molar-refractivity contribution < 1.29 is 106 Å². The van der Waals surface area contributed by atoms with Gasteiger partial charge in [0.2, 0.25) is 29.5 Å². The first-order chi connectivity index (χ1) is 58.4. The lowest BCUT2D eigenvalue weighted by molar-refractivity contribution is -0.115.